The third-order valence-corrected chi connectivity index (χ3v) is 3.08. The van der Waals surface area contributed by atoms with Crippen molar-refractivity contribution in [2.75, 3.05) is 26.1 Å². The van der Waals surface area contributed by atoms with E-state index in [0.717, 1.165) is 17.1 Å². The largest absolute Gasteiger partial charge is 0.497 e. The number of amides is 1. The molecule has 0 saturated heterocycles. The molecule has 21 heavy (non-hydrogen) atoms. The zero-order chi connectivity index (χ0) is 15.2. The number of nitrogens with zero attached hydrogens (tertiary/aromatic N) is 2. The second-order valence-corrected chi connectivity index (χ2v) is 4.78. The molecule has 2 aromatic rings. The predicted molar refractivity (Wildman–Crippen MR) is 82.7 cm³/mol. The van der Waals surface area contributed by atoms with Crippen molar-refractivity contribution in [3.8, 4) is 5.75 Å². The number of benzene rings is 1. The summed E-state index contributed by atoms with van der Waals surface area (Å²) in [5.41, 5.74) is 2.28. The van der Waals surface area contributed by atoms with Gasteiger partial charge in [0, 0.05) is 32.0 Å². The summed E-state index contributed by atoms with van der Waals surface area (Å²) >= 11 is 0. The first-order valence-electron chi connectivity index (χ1n) is 6.65. The van der Waals surface area contributed by atoms with Crippen molar-refractivity contribution in [2.24, 2.45) is 0 Å². The fourth-order valence-corrected chi connectivity index (χ4v) is 2.00. The summed E-state index contributed by atoms with van der Waals surface area (Å²) in [7, 11) is 5.43. The molecule has 0 bridgehead atoms. The van der Waals surface area contributed by atoms with Crippen molar-refractivity contribution >= 4 is 11.6 Å². The molecule has 2 rings (SSSR count). The molecule has 0 aliphatic heterocycles. The quantitative estimate of drug-likeness (QED) is 0.914. The lowest BCUT2D eigenvalue weighted by Crippen LogP contribution is -2.25. The first-order chi connectivity index (χ1) is 10.1. The number of nitrogens with one attached hydrogen (secondary N) is 1. The van der Waals surface area contributed by atoms with Crippen LogP contribution in [0, 0.1) is 0 Å². The summed E-state index contributed by atoms with van der Waals surface area (Å²) in [4.78, 5) is 18.4. The van der Waals surface area contributed by atoms with Crippen molar-refractivity contribution < 1.29 is 9.53 Å². The zero-order valence-electron chi connectivity index (χ0n) is 12.5. The van der Waals surface area contributed by atoms with E-state index in [1.165, 1.54) is 0 Å². The van der Waals surface area contributed by atoms with Crippen LogP contribution in [0.15, 0.2) is 42.6 Å². The molecule has 0 fully saturated rings. The van der Waals surface area contributed by atoms with Crippen molar-refractivity contribution in [3.05, 3.63) is 53.9 Å². The molecular weight excluding hydrogens is 266 g/mol. The maximum absolute atomic E-state index is 12.3. The number of anilines is 1. The average Bonchev–Trinajstić information content (AvgIpc) is 2.52. The lowest BCUT2D eigenvalue weighted by Gasteiger charge is -2.16. The Bertz CT molecular complexity index is 626. The first-order valence-corrected chi connectivity index (χ1v) is 6.65. The molecule has 0 aliphatic carbocycles. The lowest BCUT2D eigenvalue weighted by molar-refractivity contribution is 0.0951. The van der Waals surface area contributed by atoms with Crippen LogP contribution in [0.5, 0.6) is 5.75 Å². The molecule has 0 unspecified atom stereocenters. The van der Waals surface area contributed by atoms with Crippen LogP contribution < -0.4 is 15.0 Å². The Balaban J connectivity index is 2.08. The van der Waals surface area contributed by atoms with Gasteiger partial charge in [-0.1, -0.05) is 12.1 Å². The minimum Gasteiger partial charge on any atom is -0.497 e. The van der Waals surface area contributed by atoms with Gasteiger partial charge in [-0.15, -0.1) is 0 Å². The molecule has 5 nitrogen and oxygen atoms in total. The Hall–Kier alpha value is -2.56. The molecule has 0 atom stereocenters. The van der Waals surface area contributed by atoms with Gasteiger partial charge in [0.2, 0.25) is 0 Å². The molecule has 0 radical (unpaired) electrons. The highest BCUT2D eigenvalue weighted by Gasteiger charge is 2.12. The van der Waals surface area contributed by atoms with Crippen LogP contribution in [-0.4, -0.2) is 32.1 Å². The molecule has 0 spiro atoms. The van der Waals surface area contributed by atoms with Crippen LogP contribution >= 0.6 is 0 Å². The second kappa shape index (κ2) is 6.74. The molecule has 0 aliphatic rings. The molecule has 1 heterocycles. The van der Waals surface area contributed by atoms with Crippen molar-refractivity contribution in [2.45, 2.75) is 6.54 Å². The number of hydrogen-bond acceptors (Lipinski definition) is 4. The van der Waals surface area contributed by atoms with Gasteiger partial charge in [0.1, 0.15) is 5.75 Å². The maximum Gasteiger partial charge on any atom is 0.253 e. The van der Waals surface area contributed by atoms with Gasteiger partial charge >= 0.3 is 0 Å². The first kappa shape index (κ1) is 14.8. The van der Waals surface area contributed by atoms with Gasteiger partial charge in [0.05, 0.1) is 24.9 Å². The molecule has 1 N–H and O–H groups in total. The summed E-state index contributed by atoms with van der Waals surface area (Å²) < 4.78 is 5.14. The normalized spacial score (nSPS) is 10.0. The molecule has 1 amide bonds. The van der Waals surface area contributed by atoms with Gasteiger partial charge in [0.15, 0.2) is 0 Å². The van der Waals surface area contributed by atoms with Gasteiger partial charge in [-0.05, 0) is 18.2 Å². The summed E-state index contributed by atoms with van der Waals surface area (Å²) in [5.74, 6) is 0.604. The molecule has 5 heteroatoms. The van der Waals surface area contributed by atoms with Gasteiger partial charge < -0.3 is 15.0 Å². The van der Waals surface area contributed by atoms with E-state index >= 15 is 0 Å². The minimum atomic E-state index is -0.121. The second-order valence-electron chi connectivity index (χ2n) is 4.78. The average molecular weight is 285 g/mol. The van der Waals surface area contributed by atoms with Crippen LogP contribution in [-0.2, 0) is 6.54 Å². The summed E-state index contributed by atoms with van der Waals surface area (Å²) in [6.07, 6.45) is 1.66. The van der Waals surface area contributed by atoms with E-state index in [0.29, 0.717) is 12.1 Å². The Morgan fingerprint density at radius 1 is 1.29 bits per heavy atom. The van der Waals surface area contributed by atoms with Gasteiger partial charge in [-0.2, -0.15) is 0 Å². The van der Waals surface area contributed by atoms with Crippen LogP contribution in [0.1, 0.15) is 16.1 Å². The number of aromatic nitrogens is 1. The zero-order valence-corrected chi connectivity index (χ0v) is 12.5. The fourth-order valence-electron chi connectivity index (χ4n) is 2.00. The number of carbonyl (C=O) groups excluding carboxylic acids is 1. The Morgan fingerprint density at radius 2 is 2.05 bits per heavy atom. The van der Waals surface area contributed by atoms with Crippen LogP contribution in [0.4, 0.5) is 5.69 Å². The number of para-hydroxylation sites is 1. The van der Waals surface area contributed by atoms with E-state index in [-0.39, 0.29) is 5.91 Å². The van der Waals surface area contributed by atoms with E-state index < -0.39 is 0 Å². The highest BCUT2D eigenvalue weighted by molar-refractivity contribution is 5.99. The van der Waals surface area contributed by atoms with Gasteiger partial charge in [-0.3, -0.25) is 9.78 Å². The number of ether oxygens (including phenoxy) is 1. The van der Waals surface area contributed by atoms with Crippen molar-refractivity contribution in [1.82, 2.24) is 10.3 Å². The van der Waals surface area contributed by atoms with E-state index in [9.17, 15) is 4.79 Å². The number of methoxy groups -OCH3 is 1. The van der Waals surface area contributed by atoms with Crippen LogP contribution in [0.2, 0.25) is 0 Å². The Morgan fingerprint density at radius 3 is 2.76 bits per heavy atom. The van der Waals surface area contributed by atoms with E-state index in [2.05, 4.69) is 10.3 Å². The topological polar surface area (TPSA) is 54.5 Å². The molecule has 110 valence electrons. The molecular formula is C16H19N3O2. The summed E-state index contributed by atoms with van der Waals surface area (Å²) in [6, 6.07) is 11.1. The highest BCUT2D eigenvalue weighted by atomic mass is 16.5. The Kier molecular flexibility index (Phi) is 4.77. The van der Waals surface area contributed by atoms with Gasteiger partial charge in [-0.25, -0.2) is 0 Å². The van der Waals surface area contributed by atoms with E-state index in [4.69, 9.17) is 4.74 Å². The standard InChI is InChI=1S/C16H19N3O2/c1-19(2)15-7-5-4-6-14(15)16(20)18-11-12-10-13(21-3)8-9-17-12/h4-10H,11H2,1-3H3,(H,18,20). The Labute approximate surface area is 124 Å². The van der Waals surface area contributed by atoms with Crippen molar-refractivity contribution in [1.29, 1.82) is 0 Å². The van der Waals surface area contributed by atoms with Crippen LogP contribution in [0.3, 0.4) is 0 Å². The maximum atomic E-state index is 12.3. The van der Waals surface area contributed by atoms with Gasteiger partial charge in [0.25, 0.3) is 5.91 Å². The molecule has 0 saturated carbocycles. The third kappa shape index (κ3) is 3.72. The lowest BCUT2D eigenvalue weighted by atomic mass is 10.1. The van der Waals surface area contributed by atoms with Crippen LogP contribution in [0.25, 0.3) is 0 Å². The minimum absolute atomic E-state index is 0.121. The SMILES string of the molecule is COc1ccnc(CNC(=O)c2ccccc2N(C)C)c1. The number of rotatable bonds is 5. The number of carbonyl (C=O) groups is 1. The summed E-state index contributed by atoms with van der Waals surface area (Å²) in [5, 5.41) is 2.88. The number of hydrogen-bond donors (Lipinski definition) is 1. The predicted octanol–water partition coefficient (Wildman–Crippen LogP) is 2.09. The van der Waals surface area contributed by atoms with E-state index in [1.807, 2.05) is 43.3 Å². The molecule has 1 aromatic heterocycles. The highest BCUT2D eigenvalue weighted by Crippen LogP contribution is 2.18. The smallest absolute Gasteiger partial charge is 0.253 e. The summed E-state index contributed by atoms with van der Waals surface area (Å²) in [6.45, 7) is 0.359. The monoisotopic (exact) mass is 285 g/mol. The molecule has 1 aromatic carbocycles. The number of pyridine rings is 1. The van der Waals surface area contributed by atoms with Crippen molar-refractivity contribution in [3.63, 3.8) is 0 Å². The van der Waals surface area contributed by atoms with E-state index in [1.54, 1.807) is 25.4 Å². The third-order valence-electron chi connectivity index (χ3n) is 3.08. The fraction of sp³-hybridized carbons (Fsp3) is 0.250.